The van der Waals surface area contributed by atoms with Gasteiger partial charge >= 0.3 is 0 Å². The molecule has 10 nitrogen and oxygen atoms in total. The summed E-state index contributed by atoms with van der Waals surface area (Å²) in [6.07, 6.45) is 6.93. The van der Waals surface area contributed by atoms with Crippen molar-refractivity contribution in [3.63, 3.8) is 0 Å². The van der Waals surface area contributed by atoms with Crippen molar-refractivity contribution in [2.75, 3.05) is 33.0 Å². The van der Waals surface area contributed by atoms with Gasteiger partial charge in [0.2, 0.25) is 5.91 Å². The van der Waals surface area contributed by atoms with Gasteiger partial charge in [0, 0.05) is 44.8 Å². The first-order valence-corrected chi connectivity index (χ1v) is 12.0. The van der Waals surface area contributed by atoms with E-state index in [9.17, 15) is 4.79 Å². The molecular formula is C27H25F2N7O3. The predicted octanol–water partition coefficient (Wildman–Crippen LogP) is 3.07. The number of aromatic nitrogens is 5. The Morgan fingerprint density at radius 1 is 1.21 bits per heavy atom. The van der Waals surface area contributed by atoms with Gasteiger partial charge in [-0.25, -0.2) is 18.7 Å². The second-order valence-corrected chi connectivity index (χ2v) is 8.90. The number of hydrogen-bond acceptors (Lipinski definition) is 7. The average Bonchev–Trinajstić information content (AvgIpc) is 3.68. The van der Waals surface area contributed by atoms with Crippen LogP contribution in [0.2, 0.25) is 0 Å². The van der Waals surface area contributed by atoms with E-state index >= 15 is 8.78 Å². The van der Waals surface area contributed by atoms with Crippen LogP contribution in [0.3, 0.4) is 0 Å². The minimum atomic E-state index is -0.971. The van der Waals surface area contributed by atoms with Crippen molar-refractivity contribution in [1.82, 2.24) is 29.2 Å². The topological polar surface area (TPSA) is 113 Å². The maximum Gasteiger partial charge on any atom is 0.246 e. The Kier molecular flexibility index (Phi) is 6.66. The highest BCUT2D eigenvalue weighted by Gasteiger charge is 2.31. The Morgan fingerprint density at radius 2 is 1.92 bits per heavy atom. The van der Waals surface area contributed by atoms with E-state index in [0.717, 1.165) is 6.07 Å². The summed E-state index contributed by atoms with van der Waals surface area (Å²) in [5.74, 6) is 3.53. The molecule has 39 heavy (non-hydrogen) atoms. The lowest BCUT2D eigenvalue weighted by molar-refractivity contribution is -0.125. The lowest BCUT2D eigenvalue weighted by atomic mass is 10.1. The van der Waals surface area contributed by atoms with Gasteiger partial charge in [-0.3, -0.25) is 9.48 Å². The number of ether oxygens (including phenoxy) is 2. The second kappa shape index (κ2) is 10.1. The van der Waals surface area contributed by atoms with Gasteiger partial charge in [0.1, 0.15) is 22.9 Å². The molecule has 0 aliphatic carbocycles. The number of nitrogen functional groups attached to an aromatic ring is 1. The average molecular weight is 534 g/mol. The van der Waals surface area contributed by atoms with Crippen molar-refractivity contribution in [3.05, 3.63) is 60.2 Å². The van der Waals surface area contributed by atoms with Crippen LogP contribution in [0.15, 0.2) is 37.3 Å². The first-order valence-electron chi connectivity index (χ1n) is 12.0. The molecule has 1 aromatic carbocycles. The minimum Gasteiger partial charge on any atom is -0.493 e. The zero-order chi connectivity index (χ0) is 27.8. The zero-order valence-electron chi connectivity index (χ0n) is 21.5. The van der Waals surface area contributed by atoms with E-state index in [0.29, 0.717) is 41.8 Å². The number of imidazole rings is 1. The number of methoxy groups -OCH3 is 2. The number of pyridine rings is 1. The second-order valence-electron chi connectivity index (χ2n) is 8.90. The Balaban J connectivity index is 1.74. The van der Waals surface area contributed by atoms with E-state index in [1.54, 1.807) is 28.2 Å². The number of likely N-dealkylation sites (tertiary alicyclic amines) is 1. The summed E-state index contributed by atoms with van der Waals surface area (Å²) in [4.78, 5) is 22.7. The van der Waals surface area contributed by atoms with Gasteiger partial charge in [0.25, 0.3) is 0 Å². The molecule has 4 aromatic rings. The summed E-state index contributed by atoms with van der Waals surface area (Å²) < 4.78 is 43.6. The van der Waals surface area contributed by atoms with Crippen LogP contribution >= 0.6 is 0 Å². The fourth-order valence-corrected chi connectivity index (χ4v) is 4.72. The number of carbonyl (C=O) groups excluding carboxylic acids is 1. The summed E-state index contributed by atoms with van der Waals surface area (Å²) in [6, 6.07) is 0.885. The van der Waals surface area contributed by atoms with Crippen LogP contribution in [0.4, 0.5) is 14.6 Å². The lowest BCUT2D eigenvalue weighted by Gasteiger charge is -2.16. The normalized spacial score (nSPS) is 14.8. The Bertz CT molecular complexity index is 1650. The van der Waals surface area contributed by atoms with Crippen LogP contribution < -0.4 is 15.2 Å². The summed E-state index contributed by atoms with van der Waals surface area (Å²) in [5.41, 5.74) is 7.19. The molecule has 1 aliphatic heterocycles. The quantitative estimate of drug-likeness (QED) is 0.310. The van der Waals surface area contributed by atoms with Crippen LogP contribution in [-0.4, -0.2) is 62.4 Å². The van der Waals surface area contributed by atoms with Crippen LogP contribution in [0, 0.1) is 23.5 Å². The molecule has 1 aliphatic rings. The number of benzene rings is 1. The molecule has 0 saturated carbocycles. The van der Waals surface area contributed by atoms with E-state index in [4.69, 9.17) is 20.3 Å². The number of aryl methyl sites for hydroxylation is 1. The molecular weight excluding hydrogens is 508 g/mol. The first-order chi connectivity index (χ1) is 18.8. The fraction of sp³-hybridized carbons (Fsp3) is 0.259. The SMILES string of the molecule is C=CC(=O)N1CCC(n2nc(C#Cc3c(F)c(OC)cc(OC)c3F)c3c(N)ncc(-c4nccn4C)c32)C1. The van der Waals surface area contributed by atoms with Crippen molar-refractivity contribution >= 4 is 22.6 Å². The molecule has 0 radical (unpaired) electrons. The fourth-order valence-electron chi connectivity index (χ4n) is 4.72. The molecule has 1 unspecified atom stereocenters. The molecule has 2 N–H and O–H groups in total. The van der Waals surface area contributed by atoms with Crippen LogP contribution in [0.1, 0.15) is 23.7 Å². The summed E-state index contributed by atoms with van der Waals surface area (Å²) >= 11 is 0. The molecule has 12 heteroatoms. The first kappa shape index (κ1) is 25.7. The van der Waals surface area contributed by atoms with Gasteiger partial charge in [-0.2, -0.15) is 5.10 Å². The molecule has 0 spiro atoms. The third-order valence-corrected chi connectivity index (χ3v) is 6.69. The number of carbonyl (C=O) groups is 1. The number of hydrogen-bond donors (Lipinski definition) is 1. The number of rotatable bonds is 5. The van der Waals surface area contributed by atoms with Crippen molar-refractivity contribution in [3.8, 4) is 34.7 Å². The van der Waals surface area contributed by atoms with Crippen molar-refractivity contribution < 1.29 is 23.0 Å². The summed E-state index contributed by atoms with van der Waals surface area (Å²) in [5, 5.41) is 5.14. The van der Waals surface area contributed by atoms with E-state index in [1.807, 2.05) is 11.6 Å². The highest BCUT2D eigenvalue weighted by molar-refractivity contribution is 6.01. The summed E-state index contributed by atoms with van der Waals surface area (Å²) in [6.45, 7) is 4.46. The molecule has 5 rings (SSSR count). The van der Waals surface area contributed by atoms with Gasteiger partial charge in [-0.1, -0.05) is 12.5 Å². The number of nitrogens with zero attached hydrogens (tertiary/aromatic N) is 6. The van der Waals surface area contributed by atoms with Crippen LogP contribution in [0.5, 0.6) is 11.5 Å². The monoisotopic (exact) mass is 533 g/mol. The van der Waals surface area contributed by atoms with Gasteiger partial charge in [0.05, 0.1) is 36.7 Å². The molecule has 1 amide bonds. The largest absolute Gasteiger partial charge is 0.493 e. The number of halogens is 2. The maximum atomic E-state index is 15.0. The molecule has 1 saturated heterocycles. The standard InChI is InChI=1S/C27H25F2N7O3/c1-5-21(37)35-10-8-15(14-35)36-25-17(27-31-9-11-34(27)2)13-32-26(30)22(25)18(33-36)7-6-16-23(28)19(38-3)12-20(39-4)24(16)29/h5,9,11-13,15H,1,8,10,14H2,2-4H3,(H2,30,32). The van der Waals surface area contributed by atoms with E-state index < -0.39 is 17.2 Å². The number of amides is 1. The van der Waals surface area contributed by atoms with E-state index in [2.05, 4.69) is 28.4 Å². The van der Waals surface area contributed by atoms with Crippen LogP contribution in [0.25, 0.3) is 22.3 Å². The Hall–Kier alpha value is -4.92. The Labute approximate surface area is 222 Å². The van der Waals surface area contributed by atoms with E-state index in [1.165, 1.54) is 20.3 Å². The van der Waals surface area contributed by atoms with Crippen molar-refractivity contribution in [1.29, 1.82) is 0 Å². The van der Waals surface area contributed by atoms with Crippen LogP contribution in [-0.2, 0) is 11.8 Å². The predicted molar refractivity (Wildman–Crippen MR) is 140 cm³/mol. The van der Waals surface area contributed by atoms with E-state index in [-0.39, 0.29) is 35.0 Å². The number of nitrogens with two attached hydrogens (primary N) is 1. The summed E-state index contributed by atoms with van der Waals surface area (Å²) in [7, 11) is 4.36. The van der Waals surface area contributed by atoms with Crippen molar-refractivity contribution in [2.24, 2.45) is 7.05 Å². The molecule has 200 valence electrons. The highest BCUT2D eigenvalue weighted by atomic mass is 19.1. The number of anilines is 1. The minimum absolute atomic E-state index is 0.139. The highest BCUT2D eigenvalue weighted by Crippen LogP contribution is 2.36. The molecule has 1 fully saturated rings. The third kappa shape index (κ3) is 4.31. The van der Waals surface area contributed by atoms with Gasteiger partial charge in [0.15, 0.2) is 23.1 Å². The number of fused-ring (bicyclic) bond motifs is 1. The zero-order valence-corrected chi connectivity index (χ0v) is 21.5. The molecule has 0 bridgehead atoms. The van der Waals surface area contributed by atoms with Crippen molar-refractivity contribution in [2.45, 2.75) is 12.5 Å². The van der Waals surface area contributed by atoms with Gasteiger partial charge in [-0.05, 0) is 18.4 Å². The van der Waals surface area contributed by atoms with Gasteiger partial charge < -0.3 is 24.7 Å². The smallest absolute Gasteiger partial charge is 0.246 e. The Morgan fingerprint density at radius 3 is 2.54 bits per heavy atom. The van der Waals surface area contributed by atoms with Gasteiger partial charge in [-0.15, -0.1) is 0 Å². The maximum absolute atomic E-state index is 15.0. The lowest BCUT2D eigenvalue weighted by Crippen LogP contribution is -2.27. The molecule has 4 heterocycles. The molecule has 3 aromatic heterocycles. The third-order valence-electron chi connectivity index (χ3n) is 6.69. The molecule has 1 atom stereocenters.